The molecule has 2 aliphatic rings. The Morgan fingerprint density at radius 1 is 1.04 bits per heavy atom. The number of benzene rings is 2. The molecule has 244 valence electrons. The first-order valence-electron chi connectivity index (χ1n) is 15.2. The molecule has 4 aromatic rings. The van der Waals surface area contributed by atoms with Gasteiger partial charge in [0.1, 0.15) is 17.2 Å². The lowest BCUT2D eigenvalue weighted by atomic mass is 9.94. The highest BCUT2D eigenvalue weighted by atomic mass is 35.5. The first-order valence-corrected chi connectivity index (χ1v) is 15.6. The van der Waals surface area contributed by atoms with Crippen LogP contribution in [0.15, 0.2) is 47.4 Å². The number of fused-ring (bicyclic) bond motifs is 1. The number of rotatable bonds is 6. The van der Waals surface area contributed by atoms with Gasteiger partial charge in [-0.05, 0) is 67.3 Å². The van der Waals surface area contributed by atoms with E-state index in [0.717, 1.165) is 47.8 Å². The Morgan fingerprint density at radius 3 is 2.45 bits per heavy atom. The molecule has 6 rings (SSSR count). The number of hydrogen-bond acceptors (Lipinski definition) is 7. The number of aromatic nitrogens is 3. The number of amides is 2. The minimum atomic E-state index is -0.759. The van der Waals surface area contributed by atoms with Crippen molar-refractivity contribution in [1.29, 1.82) is 0 Å². The molecule has 10 nitrogen and oxygen atoms in total. The van der Waals surface area contributed by atoms with Crippen molar-refractivity contribution in [3.63, 3.8) is 0 Å². The third kappa shape index (κ3) is 5.87. The molecule has 0 spiro atoms. The normalized spacial score (nSPS) is 16.2. The number of methoxy groups -OCH3 is 1. The minimum absolute atomic E-state index is 0.0529. The van der Waals surface area contributed by atoms with E-state index in [4.69, 9.17) is 21.3 Å². The Morgan fingerprint density at radius 2 is 1.74 bits per heavy atom. The van der Waals surface area contributed by atoms with Crippen LogP contribution in [0, 0.1) is 18.6 Å². The quantitative estimate of drug-likeness (QED) is 0.304. The van der Waals surface area contributed by atoms with Crippen LogP contribution >= 0.6 is 11.6 Å². The molecule has 0 saturated carbocycles. The number of ether oxygens (including phenoxy) is 1. The summed E-state index contributed by atoms with van der Waals surface area (Å²) >= 11 is 6.89. The van der Waals surface area contributed by atoms with Gasteiger partial charge in [-0.2, -0.15) is 5.10 Å². The molecule has 1 aliphatic carbocycles. The summed E-state index contributed by atoms with van der Waals surface area (Å²) in [5.41, 5.74) is 2.17. The van der Waals surface area contributed by atoms with Crippen LogP contribution in [0.5, 0.6) is 5.88 Å². The molecule has 47 heavy (non-hydrogen) atoms. The van der Waals surface area contributed by atoms with E-state index in [9.17, 15) is 14.4 Å². The lowest BCUT2D eigenvalue weighted by Crippen LogP contribution is -2.48. The molecule has 2 aromatic carbocycles. The minimum Gasteiger partial charge on any atom is -0.481 e. The fourth-order valence-corrected chi connectivity index (χ4v) is 6.90. The Bertz CT molecular complexity index is 1980. The highest BCUT2D eigenvalue weighted by Gasteiger charge is 2.35. The number of anilines is 1. The zero-order chi connectivity index (χ0) is 33.6. The first-order chi connectivity index (χ1) is 22.5. The molecule has 1 atom stereocenters. The van der Waals surface area contributed by atoms with Crippen LogP contribution in [-0.4, -0.2) is 69.7 Å². The van der Waals surface area contributed by atoms with Gasteiger partial charge >= 0.3 is 0 Å². The molecular formula is C34H33ClF2N6O4. The second kappa shape index (κ2) is 12.8. The summed E-state index contributed by atoms with van der Waals surface area (Å²) in [6.07, 6.45) is 2.94. The number of nitrogens with one attached hydrogen (secondary N) is 1. The van der Waals surface area contributed by atoms with Crippen molar-refractivity contribution in [1.82, 2.24) is 24.6 Å². The maximum Gasteiger partial charge on any atom is 0.279 e. The van der Waals surface area contributed by atoms with Gasteiger partial charge in [0, 0.05) is 80.3 Å². The van der Waals surface area contributed by atoms with Crippen molar-refractivity contribution in [3.8, 4) is 28.3 Å². The summed E-state index contributed by atoms with van der Waals surface area (Å²) in [5.74, 6) is -1.72. The zero-order valence-corrected chi connectivity index (χ0v) is 27.1. The molecule has 0 bridgehead atoms. The highest BCUT2D eigenvalue weighted by Crippen LogP contribution is 2.46. The summed E-state index contributed by atoms with van der Waals surface area (Å²) in [6.45, 7) is 5.92. The van der Waals surface area contributed by atoms with Gasteiger partial charge in [-0.25, -0.2) is 18.4 Å². The van der Waals surface area contributed by atoms with Crippen LogP contribution in [0.2, 0.25) is 5.02 Å². The number of halogens is 3. The fraction of sp³-hybridized carbons (Fsp3) is 0.324. The smallest absolute Gasteiger partial charge is 0.279 e. The lowest BCUT2D eigenvalue weighted by molar-refractivity contribution is -0.130. The van der Waals surface area contributed by atoms with Gasteiger partial charge in [-0.3, -0.25) is 19.3 Å². The maximum absolute atomic E-state index is 15.6. The topological polar surface area (TPSA) is 110 Å². The van der Waals surface area contributed by atoms with E-state index < -0.39 is 23.1 Å². The summed E-state index contributed by atoms with van der Waals surface area (Å²) in [6, 6.07) is 8.44. The predicted molar refractivity (Wildman–Crippen MR) is 174 cm³/mol. The maximum atomic E-state index is 15.6. The van der Waals surface area contributed by atoms with Gasteiger partial charge in [-0.1, -0.05) is 11.6 Å². The Kier molecular flexibility index (Phi) is 8.82. The molecule has 0 radical (unpaired) electrons. The van der Waals surface area contributed by atoms with E-state index in [2.05, 4.69) is 15.3 Å². The van der Waals surface area contributed by atoms with Gasteiger partial charge in [0.2, 0.25) is 11.8 Å². The molecule has 1 aliphatic heterocycles. The van der Waals surface area contributed by atoms with Gasteiger partial charge < -0.3 is 15.0 Å². The molecule has 13 heteroatoms. The number of carbonyl (C=O) groups is 2. The molecule has 1 saturated heterocycles. The summed E-state index contributed by atoms with van der Waals surface area (Å²) in [5, 5.41) is 6.40. The fourth-order valence-electron chi connectivity index (χ4n) is 6.56. The molecule has 3 heterocycles. The van der Waals surface area contributed by atoms with Gasteiger partial charge in [-0.15, -0.1) is 0 Å². The number of aryl methyl sites for hydroxylation is 2. The third-order valence-electron chi connectivity index (χ3n) is 9.05. The molecule has 2 aromatic heterocycles. The van der Waals surface area contributed by atoms with E-state index in [1.54, 1.807) is 14.0 Å². The van der Waals surface area contributed by atoms with E-state index in [1.807, 2.05) is 11.0 Å². The van der Waals surface area contributed by atoms with Crippen molar-refractivity contribution in [2.75, 3.05) is 38.6 Å². The van der Waals surface area contributed by atoms with Crippen LogP contribution in [0.4, 0.5) is 14.5 Å². The SMILES string of the molecule is COc1nc(-c2ccc(F)c(-c3c(F)ccc(NC(=O)c4ccnn(C)c4=O)c3C)c2Cl)cc2c1[C@@H](N1CCN(C(C)=O)CC1)CC2. The predicted octanol–water partition coefficient (Wildman–Crippen LogP) is 5.16. The number of piperazine rings is 1. The van der Waals surface area contributed by atoms with Gasteiger partial charge in [0.25, 0.3) is 11.5 Å². The van der Waals surface area contributed by atoms with E-state index >= 15 is 8.78 Å². The standard InChI is InChI=1S/C34H33ClF2N6O4/c1-18-25(39-32(45)22-11-12-38-41(3)34(22)46)9-8-23(36)28(18)30-24(37)7-6-21(31(30)35)26-17-20-5-10-27(29(20)33(40-26)47-4)43-15-13-42(14-16-43)19(2)44/h6-9,11-12,17,27H,5,10,13-16H2,1-4H3,(H,39,45)/t27-/m0/s1. The number of pyridine rings is 1. The van der Waals surface area contributed by atoms with E-state index in [-0.39, 0.29) is 44.9 Å². The molecule has 1 N–H and O–H groups in total. The average molecular weight is 663 g/mol. The summed E-state index contributed by atoms with van der Waals surface area (Å²) in [4.78, 5) is 46.2. The molecule has 0 unspecified atom stereocenters. The zero-order valence-electron chi connectivity index (χ0n) is 26.4. The Balaban J connectivity index is 1.36. The van der Waals surface area contributed by atoms with Crippen LogP contribution < -0.4 is 15.6 Å². The average Bonchev–Trinajstić information content (AvgIpc) is 3.49. The summed E-state index contributed by atoms with van der Waals surface area (Å²) in [7, 11) is 2.97. The van der Waals surface area contributed by atoms with Crippen LogP contribution in [0.25, 0.3) is 22.4 Å². The van der Waals surface area contributed by atoms with Crippen molar-refractivity contribution in [2.24, 2.45) is 7.05 Å². The molecule has 1 fully saturated rings. The third-order valence-corrected chi connectivity index (χ3v) is 9.45. The number of nitrogens with zero attached hydrogens (tertiary/aromatic N) is 5. The van der Waals surface area contributed by atoms with E-state index in [0.29, 0.717) is 30.2 Å². The van der Waals surface area contributed by atoms with Gasteiger partial charge in [0.15, 0.2) is 0 Å². The number of hydrogen-bond donors (Lipinski definition) is 1. The van der Waals surface area contributed by atoms with Crippen LogP contribution in [0.1, 0.15) is 46.4 Å². The second-order valence-electron chi connectivity index (χ2n) is 11.7. The van der Waals surface area contributed by atoms with Crippen molar-refractivity contribution in [3.05, 3.63) is 91.9 Å². The number of carbonyl (C=O) groups excluding carboxylic acids is 2. The van der Waals surface area contributed by atoms with Crippen LogP contribution in [0.3, 0.4) is 0 Å². The first kappa shape index (κ1) is 32.3. The molecular weight excluding hydrogens is 630 g/mol. The monoisotopic (exact) mass is 662 g/mol. The van der Waals surface area contributed by atoms with Crippen molar-refractivity contribution >= 4 is 29.1 Å². The Labute approximate surface area is 274 Å². The highest BCUT2D eigenvalue weighted by molar-refractivity contribution is 6.36. The van der Waals surface area contributed by atoms with Crippen molar-refractivity contribution < 1.29 is 23.1 Å². The van der Waals surface area contributed by atoms with Crippen molar-refractivity contribution in [2.45, 2.75) is 32.7 Å². The summed E-state index contributed by atoms with van der Waals surface area (Å²) < 4.78 is 37.9. The Hall–Kier alpha value is -4.68. The molecule has 2 amide bonds. The largest absolute Gasteiger partial charge is 0.481 e. The second-order valence-corrected chi connectivity index (χ2v) is 12.1. The van der Waals surface area contributed by atoms with Gasteiger partial charge in [0.05, 0.1) is 17.8 Å². The lowest BCUT2D eigenvalue weighted by Gasteiger charge is -2.38. The van der Waals surface area contributed by atoms with Crippen LogP contribution in [-0.2, 0) is 18.3 Å². The van der Waals surface area contributed by atoms with E-state index in [1.165, 1.54) is 44.4 Å².